The van der Waals surface area contributed by atoms with Crippen LogP contribution in [0.1, 0.15) is 10.4 Å². The second kappa shape index (κ2) is 6.05. The number of amides is 1. The summed E-state index contributed by atoms with van der Waals surface area (Å²) in [6.45, 7) is 0. The fourth-order valence-electron chi connectivity index (χ4n) is 1.28. The second-order valence-electron chi connectivity index (χ2n) is 3.41. The predicted molar refractivity (Wildman–Crippen MR) is 79.2 cm³/mol. The molecule has 1 aromatic carbocycles. The van der Waals surface area contributed by atoms with E-state index in [1.165, 1.54) is 6.33 Å². The van der Waals surface area contributed by atoms with E-state index in [0.717, 1.165) is 4.47 Å². The van der Waals surface area contributed by atoms with Gasteiger partial charge in [-0.25, -0.2) is 9.97 Å². The number of aromatic nitrogens is 2. The number of hydrogen-bond acceptors (Lipinski definition) is 3. The molecule has 1 N–H and O–H groups in total. The second-order valence-corrected chi connectivity index (χ2v) is 5.46. The summed E-state index contributed by atoms with van der Waals surface area (Å²) in [4.78, 5) is 19.6. The zero-order chi connectivity index (χ0) is 14.0. The van der Waals surface area contributed by atoms with Crippen molar-refractivity contribution in [3.8, 4) is 0 Å². The molecule has 0 aliphatic carbocycles. The summed E-state index contributed by atoms with van der Waals surface area (Å²) < 4.78 is 0.730. The SMILES string of the molecule is O=C(Nc1ncnc(Cl)c1Cl)c1cc(Br)ccc1Cl. The van der Waals surface area contributed by atoms with Gasteiger partial charge in [0.1, 0.15) is 11.3 Å². The van der Waals surface area contributed by atoms with Crippen LogP contribution in [0.2, 0.25) is 15.2 Å². The number of benzene rings is 1. The van der Waals surface area contributed by atoms with Crippen LogP contribution in [-0.2, 0) is 0 Å². The van der Waals surface area contributed by atoms with Crippen LogP contribution in [0.4, 0.5) is 5.82 Å². The van der Waals surface area contributed by atoms with Gasteiger partial charge in [-0.05, 0) is 18.2 Å². The van der Waals surface area contributed by atoms with Crippen molar-refractivity contribution in [3.63, 3.8) is 0 Å². The fourth-order valence-corrected chi connectivity index (χ4v) is 2.12. The highest BCUT2D eigenvalue weighted by atomic mass is 79.9. The number of carbonyl (C=O) groups excluding carboxylic acids is 1. The molecule has 19 heavy (non-hydrogen) atoms. The molecule has 0 fully saturated rings. The summed E-state index contributed by atoms with van der Waals surface area (Å²) in [7, 11) is 0. The minimum atomic E-state index is -0.442. The zero-order valence-corrected chi connectivity index (χ0v) is 13.0. The van der Waals surface area contributed by atoms with Crippen LogP contribution >= 0.6 is 50.7 Å². The number of nitrogens with one attached hydrogen (secondary N) is 1. The third kappa shape index (κ3) is 3.36. The van der Waals surface area contributed by atoms with Gasteiger partial charge < -0.3 is 5.32 Å². The third-order valence-corrected chi connectivity index (χ3v) is 3.72. The molecule has 1 amide bonds. The fraction of sp³-hybridized carbons (Fsp3) is 0. The molecular weight excluding hydrogens is 376 g/mol. The molecule has 2 rings (SSSR count). The van der Waals surface area contributed by atoms with E-state index in [-0.39, 0.29) is 16.0 Å². The lowest BCUT2D eigenvalue weighted by Crippen LogP contribution is -2.14. The van der Waals surface area contributed by atoms with Gasteiger partial charge in [-0.15, -0.1) is 0 Å². The van der Waals surface area contributed by atoms with Gasteiger partial charge in [0.15, 0.2) is 11.0 Å². The average molecular weight is 381 g/mol. The minimum Gasteiger partial charge on any atom is -0.305 e. The zero-order valence-electron chi connectivity index (χ0n) is 9.12. The number of nitrogens with zero attached hydrogens (tertiary/aromatic N) is 2. The maximum absolute atomic E-state index is 12.1. The molecule has 4 nitrogen and oxygen atoms in total. The minimum absolute atomic E-state index is 0.0623. The molecule has 0 radical (unpaired) electrons. The molecule has 1 heterocycles. The van der Waals surface area contributed by atoms with Gasteiger partial charge in [0.05, 0.1) is 10.6 Å². The molecule has 0 aliphatic rings. The molecule has 0 atom stereocenters. The Bertz CT molecular complexity index is 651. The number of hydrogen-bond donors (Lipinski definition) is 1. The molecule has 8 heteroatoms. The van der Waals surface area contributed by atoms with Crippen LogP contribution in [0.5, 0.6) is 0 Å². The smallest absolute Gasteiger partial charge is 0.258 e. The lowest BCUT2D eigenvalue weighted by atomic mass is 10.2. The van der Waals surface area contributed by atoms with E-state index in [9.17, 15) is 4.79 Å². The molecule has 0 saturated carbocycles. The van der Waals surface area contributed by atoms with E-state index in [1.807, 2.05) is 0 Å². The molecule has 0 bridgehead atoms. The quantitative estimate of drug-likeness (QED) is 0.782. The largest absolute Gasteiger partial charge is 0.305 e. The van der Waals surface area contributed by atoms with E-state index in [0.29, 0.717) is 10.6 Å². The Morgan fingerprint density at radius 2 is 1.95 bits per heavy atom. The summed E-state index contributed by atoms with van der Waals surface area (Å²) >= 11 is 20.8. The van der Waals surface area contributed by atoms with Crippen LogP contribution in [0.15, 0.2) is 29.0 Å². The first-order valence-electron chi connectivity index (χ1n) is 4.91. The molecule has 98 valence electrons. The number of halogens is 4. The van der Waals surface area contributed by atoms with Gasteiger partial charge in [0.25, 0.3) is 5.91 Å². The Hall–Kier alpha value is -0.880. The summed E-state index contributed by atoms with van der Waals surface area (Å²) in [6, 6.07) is 4.93. The van der Waals surface area contributed by atoms with E-state index < -0.39 is 5.91 Å². The third-order valence-electron chi connectivity index (χ3n) is 2.15. The van der Waals surface area contributed by atoms with E-state index in [2.05, 4.69) is 31.2 Å². The Kier molecular flexibility index (Phi) is 4.62. The molecular formula is C11H5BrCl3N3O. The first kappa shape index (κ1) is 14.5. The van der Waals surface area contributed by atoms with Crippen LogP contribution in [0.3, 0.4) is 0 Å². The maximum Gasteiger partial charge on any atom is 0.258 e. The van der Waals surface area contributed by atoms with Crippen molar-refractivity contribution < 1.29 is 4.79 Å². The molecule has 0 unspecified atom stereocenters. The first-order valence-corrected chi connectivity index (χ1v) is 6.84. The van der Waals surface area contributed by atoms with Crippen molar-refractivity contribution in [2.24, 2.45) is 0 Å². The van der Waals surface area contributed by atoms with Crippen LogP contribution in [-0.4, -0.2) is 15.9 Å². The Morgan fingerprint density at radius 1 is 1.21 bits per heavy atom. The van der Waals surface area contributed by atoms with Crippen molar-refractivity contribution in [2.75, 3.05) is 5.32 Å². The lowest BCUT2D eigenvalue weighted by Gasteiger charge is -2.08. The maximum atomic E-state index is 12.1. The number of rotatable bonds is 2. The average Bonchev–Trinajstić information content (AvgIpc) is 2.38. The Labute approximate surface area is 132 Å². The van der Waals surface area contributed by atoms with Crippen molar-refractivity contribution in [1.29, 1.82) is 0 Å². The van der Waals surface area contributed by atoms with E-state index in [4.69, 9.17) is 34.8 Å². The van der Waals surface area contributed by atoms with Crippen molar-refractivity contribution in [3.05, 3.63) is 49.8 Å². The molecule has 2 aromatic rings. The standard InChI is InChI=1S/C11H5BrCl3N3O/c12-5-1-2-7(13)6(3-5)11(19)18-10-8(14)9(15)16-4-17-10/h1-4H,(H,16,17,18,19). The molecule has 0 saturated heterocycles. The molecule has 1 aromatic heterocycles. The summed E-state index contributed by atoms with van der Waals surface area (Å²) in [5.74, 6) is -0.314. The number of anilines is 1. The normalized spacial score (nSPS) is 10.3. The monoisotopic (exact) mass is 379 g/mol. The first-order chi connectivity index (χ1) is 8.99. The van der Waals surface area contributed by atoms with Gasteiger partial charge in [-0.2, -0.15) is 0 Å². The highest BCUT2D eigenvalue weighted by molar-refractivity contribution is 9.10. The summed E-state index contributed by atoms with van der Waals surface area (Å²) in [5, 5.41) is 2.98. The summed E-state index contributed by atoms with van der Waals surface area (Å²) in [6.07, 6.45) is 1.20. The van der Waals surface area contributed by atoms with E-state index in [1.54, 1.807) is 18.2 Å². The molecule has 0 aliphatic heterocycles. The Morgan fingerprint density at radius 3 is 2.68 bits per heavy atom. The van der Waals surface area contributed by atoms with E-state index >= 15 is 0 Å². The van der Waals surface area contributed by atoms with Crippen molar-refractivity contribution in [1.82, 2.24) is 9.97 Å². The van der Waals surface area contributed by atoms with Crippen LogP contribution in [0.25, 0.3) is 0 Å². The van der Waals surface area contributed by atoms with Gasteiger partial charge in [-0.1, -0.05) is 50.7 Å². The van der Waals surface area contributed by atoms with Gasteiger partial charge >= 0.3 is 0 Å². The lowest BCUT2D eigenvalue weighted by molar-refractivity contribution is 0.102. The van der Waals surface area contributed by atoms with Gasteiger partial charge in [0, 0.05) is 4.47 Å². The molecule has 0 spiro atoms. The van der Waals surface area contributed by atoms with Crippen LogP contribution < -0.4 is 5.32 Å². The van der Waals surface area contributed by atoms with Gasteiger partial charge in [-0.3, -0.25) is 4.79 Å². The topological polar surface area (TPSA) is 54.9 Å². The van der Waals surface area contributed by atoms with Crippen molar-refractivity contribution in [2.45, 2.75) is 0 Å². The summed E-state index contributed by atoms with van der Waals surface area (Å²) in [5.41, 5.74) is 0.293. The number of carbonyl (C=O) groups is 1. The highest BCUT2D eigenvalue weighted by Crippen LogP contribution is 2.27. The highest BCUT2D eigenvalue weighted by Gasteiger charge is 2.15. The predicted octanol–water partition coefficient (Wildman–Crippen LogP) is 4.45. The Balaban J connectivity index is 2.31. The van der Waals surface area contributed by atoms with Gasteiger partial charge in [0.2, 0.25) is 0 Å². The van der Waals surface area contributed by atoms with Crippen molar-refractivity contribution >= 4 is 62.5 Å². The van der Waals surface area contributed by atoms with Crippen LogP contribution in [0, 0.1) is 0 Å².